The molecular weight excluding hydrogens is 232 g/mol. The van der Waals surface area contributed by atoms with Crippen LogP contribution in [0, 0.1) is 0 Å². The highest BCUT2D eigenvalue weighted by Crippen LogP contribution is 2.14. The summed E-state index contributed by atoms with van der Waals surface area (Å²) >= 11 is 0. The van der Waals surface area contributed by atoms with E-state index in [2.05, 4.69) is 15.3 Å². The number of nitrogens with two attached hydrogens (primary N) is 1. The Kier molecular flexibility index (Phi) is 3.29. The Labute approximate surface area is 103 Å². The smallest absolute Gasteiger partial charge is 0.274 e. The van der Waals surface area contributed by atoms with Gasteiger partial charge < -0.3 is 11.1 Å². The summed E-state index contributed by atoms with van der Waals surface area (Å²) < 4.78 is 0. The Balaban J connectivity index is 2.25. The molecular formula is C12H10N4O2. The molecule has 0 aliphatic rings. The number of nitrogens with zero attached hydrogens (tertiary/aromatic N) is 2. The highest BCUT2D eigenvalue weighted by atomic mass is 16.2. The Hall–Kier alpha value is -2.76. The Bertz CT molecular complexity index is 584. The number of nitrogens with one attached hydrogen (secondary N) is 1. The van der Waals surface area contributed by atoms with E-state index in [4.69, 9.17) is 5.73 Å². The molecule has 2 rings (SSSR count). The van der Waals surface area contributed by atoms with Gasteiger partial charge in [-0.1, -0.05) is 12.1 Å². The third-order valence-electron chi connectivity index (χ3n) is 2.26. The van der Waals surface area contributed by atoms with Crippen molar-refractivity contribution in [1.29, 1.82) is 0 Å². The maximum Gasteiger partial charge on any atom is 0.274 e. The van der Waals surface area contributed by atoms with E-state index < -0.39 is 11.8 Å². The van der Waals surface area contributed by atoms with Crippen LogP contribution in [0.2, 0.25) is 0 Å². The van der Waals surface area contributed by atoms with Gasteiger partial charge >= 0.3 is 0 Å². The number of carbonyl (C=O) groups is 2. The largest absolute Gasteiger partial charge is 0.366 e. The lowest BCUT2D eigenvalue weighted by atomic mass is 10.1. The maximum absolute atomic E-state index is 11.8. The van der Waals surface area contributed by atoms with Crippen LogP contribution in [0.5, 0.6) is 0 Å². The van der Waals surface area contributed by atoms with E-state index in [9.17, 15) is 9.59 Å². The van der Waals surface area contributed by atoms with Crippen molar-refractivity contribution in [2.24, 2.45) is 5.73 Å². The minimum absolute atomic E-state index is 0.212. The minimum atomic E-state index is -0.603. The Morgan fingerprint density at radius 2 is 1.94 bits per heavy atom. The van der Waals surface area contributed by atoms with Gasteiger partial charge in [-0.3, -0.25) is 9.59 Å². The van der Waals surface area contributed by atoms with Gasteiger partial charge in [0.05, 0.1) is 11.3 Å². The van der Waals surface area contributed by atoms with Crippen LogP contribution in [0.1, 0.15) is 20.8 Å². The molecule has 0 fully saturated rings. The first-order chi connectivity index (χ1) is 8.68. The monoisotopic (exact) mass is 242 g/mol. The summed E-state index contributed by atoms with van der Waals surface area (Å²) in [6.07, 6.45) is 2.73. The lowest BCUT2D eigenvalue weighted by Gasteiger charge is -2.07. The van der Waals surface area contributed by atoms with Gasteiger partial charge in [0, 0.05) is 6.20 Å². The lowest BCUT2D eigenvalue weighted by Crippen LogP contribution is -2.18. The van der Waals surface area contributed by atoms with E-state index in [0.29, 0.717) is 5.69 Å². The summed E-state index contributed by atoms with van der Waals surface area (Å²) in [5.41, 5.74) is 6.03. The van der Waals surface area contributed by atoms with Crippen LogP contribution in [0.4, 0.5) is 5.69 Å². The fourth-order valence-corrected chi connectivity index (χ4v) is 1.42. The van der Waals surface area contributed by atoms with E-state index in [-0.39, 0.29) is 11.3 Å². The van der Waals surface area contributed by atoms with Crippen molar-refractivity contribution in [2.75, 3.05) is 5.32 Å². The molecule has 18 heavy (non-hydrogen) atoms. The maximum atomic E-state index is 11.8. The molecule has 0 saturated heterocycles. The summed E-state index contributed by atoms with van der Waals surface area (Å²) in [6.45, 7) is 0. The Morgan fingerprint density at radius 3 is 2.61 bits per heavy atom. The summed E-state index contributed by atoms with van der Waals surface area (Å²) in [6, 6.07) is 7.97. The zero-order valence-corrected chi connectivity index (χ0v) is 9.33. The highest BCUT2D eigenvalue weighted by Gasteiger charge is 2.12. The normalized spacial score (nSPS) is 9.78. The van der Waals surface area contributed by atoms with Crippen molar-refractivity contribution < 1.29 is 9.59 Å². The first-order valence-electron chi connectivity index (χ1n) is 5.14. The SMILES string of the molecule is NC(=O)c1ccccc1NC(=O)c1ccncn1. The number of primary amides is 1. The molecule has 2 amide bonds. The quantitative estimate of drug-likeness (QED) is 0.832. The number of rotatable bonds is 3. The molecule has 0 unspecified atom stereocenters. The first-order valence-corrected chi connectivity index (χ1v) is 5.14. The summed E-state index contributed by atoms with van der Waals surface area (Å²) in [7, 11) is 0. The number of hydrogen-bond donors (Lipinski definition) is 2. The summed E-state index contributed by atoms with van der Waals surface area (Å²) in [5.74, 6) is -1.03. The van der Waals surface area contributed by atoms with Crippen molar-refractivity contribution in [3.63, 3.8) is 0 Å². The minimum Gasteiger partial charge on any atom is -0.366 e. The summed E-state index contributed by atoms with van der Waals surface area (Å²) in [4.78, 5) is 30.5. The zero-order valence-electron chi connectivity index (χ0n) is 9.33. The molecule has 6 heteroatoms. The van der Waals surface area contributed by atoms with E-state index in [1.54, 1.807) is 18.2 Å². The summed E-state index contributed by atoms with van der Waals surface area (Å²) in [5, 5.41) is 2.58. The third kappa shape index (κ3) is 2.49. The molecule has 2 aromatic rings. The van der Waals surface area contributed by atoms with Crippen LogP contribution >= 0.6 is 0 Å². The van der Waals surface area contributed by atoms with Crippen molar-refractivity contribution in [1.82, 2.24) is 9.97 Å². The van der Waals surface area contributed by atoms with Gasteiger partial charge in [0.1, 0.15) is 12.0 Å². The fraction of sp³-hybridized carbons (Fsp3) is 0. The first kappa shape index (κ1) is 11.7. The molecule has 0 saturated carbocycles. The average molecular weight is 242 g/mol. The standard InChI is InChI=1S/C12H10N4O2/c13-11(17)8-3-1-2-4-9(8)16-12(18)10-5-6-14-7-15-10/h1-7H,(H2,13,17)(H,16,18). The molecule has 1 aromatic heterocycles. The number of aromatic nitrogens is 2. The average Bonchev–Trinajstić information content (AvgIpc) is 2.40. The van der Waals surface area contributed by atoms with Crippen LogP contribution in [-0.4, -0.2) is 21.8 Å². The van der Waals surface area contributed by atoms with E-state index in [1.807, 2.05) is 0 Å². The number of benzene rings is 1. The van der Waals surface area contributed by atoms with Gasteiger partial charge in [-0.15, -0.1) is 0 Å². The van der Waals surface area contributed by atoms with Crippen molar-refractivity contribution in [3.8, 4) is 0 Å². The Morgan fingerprint density at radius 1 is 1.17 bits per heavy atom. The molecule has 0 aliphatic heterocycles. The van der Waals surface area contributed by atoms with Crippen molar-refractivity contribution in [3.05, 3.63) is 54.1 Å². The molecule has 1 aromatic carbocycles. The second kappa shape index (κ2) is 5.05. The van der Waals surface area contributed by atoms with Crippen LogP contribution in [0.15, 0.2) is 42.9 Å². The molecule has 0 spiro atoms. The predicted molar refractivity (Wildman–Crippen MR) is 64.9 cm³/mol. The predicted octanol–water partition coefficient (Wildman–Crippen LogP) is 0.828. The fourth-order valence-electron chi connectivity index (χ4n) is 1.42. The molecule has 3 N–H and O–H groups in total. The molecule has 0 atom stereocenters. The van der Waals surface area contributed by atoms with Gasteiger partial charge in [-0.25, -0.2) is 9.97 Å². The molecule has 0 radical (unpaired) electrons. The molecule has 1 heterocycles. The van der Waals surface area contributed by atoms with Gasteiger partial charge in [0.15, 0.2) is 0 Å². The number of anilines is 1. The lowest BCUT2D eigenvalue weighted by molar-refractivity contribution is 0.100. The van der Waals surface area contributed by atoms with Gasteiger partial charge in [-0.05, 0) is 18.2 Å². The van der Waals surface area contributed by atoms with Crippen LogP contribution in [-0.2, 0) is 0 Å². The third-order valence-corrected chi connectivity index (χ3v) is 2.26. The number of carbonyl (C=O) groups excluding carboxylic acids is 2. The van der Waals surface area contributed by atoms with E-state index in [1.165, 1.54) is 24.7 Å². The van der Waals surface area contributed by atoms with Crippen molar-refractivity contribution in [2.45, 2.75) is 0 Å². The van der Waals surface area contributed by atoms with E-state index in [0.717, 1.165) is 0 Å². The van der Waals surface area contributed by atoms with Gasteiger partial charge in [0.25, 0.3) is 11.8 Å². The van der Waals surface area contributed by atoms with Crippen LogP contribution in [0.25, 0.3) is 0 Å². The molecule has 90 valence electrons. The number of hydrogen-bond acceptors (Lipinski definition) is 4. The molecule has 0 bridgehead atoms. The van der Waals surface area contributed by atoms with Gasteiger partial charge in [-0.2, -0.15) is 0 Å². The zero-order chi connectivity index (χ0) is 13.0. The van der Waals surface area contributed by atoms with E-state index >= 15 is 0 Å². The van der Waals surface area contributed by atoms with Gasteiger partial charge in [0.2, 0.25) is 0 Å². The second-order valence-corrected chi connectivity index (χ2v) is 3.46. The number of amides is 2. The highest BCUT2D eigenvalue weighted by molar-refractivity contribution is 6.07. The van der Waals surface area contributed by atoms with Crippen LogP contribution < -0.4 is 11.1 Å². The molecule has 0 aliphatic carbocycles. The molecule has 6 nitrogen and oxygen atoms in total. The van der Waals surface area contributed by atoms with Crippen LogP contribution in [0.3, 0.4) is 0 Å². The second-order valence-electron chi connectivity index (χ2n) is 3.46. The number of para-hydroxylation sites is 1. The van der Waals surface area contributed by atoms with Crippen molar-refractivity contribution >= 4 is 17.5 Å². The topological polar surface area (TPSA) is 98.0 Å².